The van der Waals surface area contributed by atoms with Crippen LogP contribution >= 0.6 is 15.9 Å². The van der Waals surface area contributed by atoms with Crippen LogP contribution in [0.3, 0.4) is 0 Å². The molecule has 1 aromatic heterocycles. The highest BCUT2D eigenvalue weighted by Crippen LogP contribution is 2.51. The smallest absolute Gasteiger partial charge is 0.265 e. The van der Waals surface area contributed by atoms with E-state index in [-0.39, 0.29) is 11.0 Å². The molecule has 0 radical (unpaired) electrons. The van der Waals surface area contributed by atoms with Crippen LogP contribution in [-0.2, 0) is 5.41 Å². The summed E-state index contributed by atoms with van der Waals surface area (Å²) >= 11 is 3.17. The van der Waals surface area contributed by atoms with Crippen LogP contribution in [0.2, 0.25) is 0 Å². The van der Waals surface area contributed by atoms with Crippen LogP contribution in [0.1, 0.15) is 24.2 Å². The third-order valence-electron chi connectivity index (χ3n) is 3.29. The van der Waals surface area contributed by atoms with E-state index in [9.17, 15) is 4.79 Å². The van der Waals surface area contributed by atoms with E-state index >= 15 is 0 Å². The van der Waals surface area contributed by atoms with Crippen LogP contribution in [0.5, 0.6) is 0 Å². The lowest BCUT2D eigenvalue weighted by atomic mass is 9.95. The van der Waals surface area contributed by atoms with Crippen LogP contribution in [0, 0.1) is 0 Å². The molecule has 3 rings (SSSR count). The van der Waals surface area contributed by atoms with Crippen molar-refractivity contribution in [3.63, 3.8) is 0 Å². The molecule has 17 heavy (non-hydrogen) atoms. The van der Waals surface area contributed by atoms with Gasteiger partial charge in [-0.3, -0.25) is 4.79 Å². The Hall–Kier alpha value is -1.42. The first-order valence-electron chi connectivity index (χ1n) is 5.53. The number of H-pyrrole nitrogens is 1. The van der Waals surface area contributed by atoms with Crippen molar-refractivity contribution in [3.8, 4) is 0 Å². The summed E-state index contributed by atoms with van der Waals surface area (Å²) in [7, 11) is 0. The zero-order valence-corrected chi connectivity index (χ0v) is 10.7. The minimum absolute atomic E-state index is 0.0683. The molecule has 1 fully saturated rings. The lowest BCUT2D eigenvalue weighted by Crippen LogP contribution is -2.19. The largest absolute Gasteiger partial charge is 0.309 e. The van der Waals surface area contributed by atoms with E-state index < -0.39 is 0 Å². The Bertz CT molecular complexity index is 602. The molecule has 0 spiro atoms. The topological polar surface area (TPSA) is 45.8 Å². The van der Waals surface area contributed by atoms with Gasteiger partial charge in [-0.15, -0.1) is 0 Å². The molecule has 1 aliphatic rings. The monoisotopic (exact) mass is 290 g/mol. The predicted molar refractivity (Wildman–Crippen MR) is 69.0 cm³/mol. The van der Waals surface area contributed by atoms with E-state index in [0.29, 0.717) is 4.47 Å². The van der Waals surface area contributed by atoms with Gasteiger partial charge in [0.2, 0.25) is 0 Å². The minimum atomic E-state index is -0.114. The second-order valence-corrected chi connectivity index (χ2v) is 5.21. The number of aromatic nitrogens is 2. The van der Waals surface area contributed by atoms with Crippen LogP contribution in [-0.4, -0.2) is 9.97 Å². The predicted octanol–water partition coefficient (Wildman–Crippen LogP) is 2.61. The van der Waals surface area contributed by atoms with Crippen molar-refractivity contribution >= 4 is 15.9 Å². The number of aromatic amines is 1. The summed E-state index contributed by atoms with van der Waals surface area (Å²) in [6.45, 7) is 0. The maximum Gasteiger partial charge on any atom is 0.265 e. The van der Waals surface area contributed by atoms with Crippen LogP contribution in [0.4, 0.5) is 0 Å². The maximum absolute atomic E-state index is 11.6. The number of nitrogens with zero attached hydrogens (tertiary/aromatic N) is 1. The van der Waals surface area contributed by atoms with Gasteiger partial charge in [0.25, 0.3) is 5.56 Å². The van der Waals surface area contributed by atoms with E-state index in [0.717, 1.165) is 18.7 Å². The Balaban J connectivity index is 2.10. The summed E-state index contributed by atoms with van der Waals surface area (Å²) < 4.78 is 0.477. The molecule has 0 saturated heterocycles. The highest BCUT2D eigenvalue weighted by atomic mass is 79.9. The van der Waals surface area contributed by atoms with Gasteiger partial charge in [0.05, 0.1) is 5.41 Å². The van der Waals surface area contributed by atoms with Gasteiger partial charge in [-0.1, -0.05) is 30.3 Å². The SMILES string of the molecule is O=c1[nH]c(C2(c3ccccc3)CC2)ncc1Br. The van der Waals surface area contributed by atoms with Crippen molar-refractivity contribution in [2.75, 3.05) is 0 Å². The van der Waals surface area contributed by atoms with Gasteiger partial charge in [-0.2, -0.15) is 0 Å². The summed E-state index contributed by atoms with van der Waals surface area (Å²) in [5.41, 5.74) is 1.05. The molecule has 1 aliphatic carbocycles. The Labute approximate surface area is 107 Å². The van der Waals surface area contributed by atoms with Crippen LogP contribution in [0.25, 0.3) is 0 Å². The number of hydrogen-bond acceptors (Lipinski definition) is 2. The van der Waals surface area contributed by atoms with Gasteiger partial charge in [0, 0.05) is 6.20 Å². The summed E-state index contributed by atoms with van der Waals surface area (Å²) in [5.74, 6) is 0.775. The molecule has 1 saturated carbocycles. The third-order valence-corrected chi connectivity index (χ3v) is 3.85. The summed E-state index contributed by atoms with van der Waals surface area (Å²) in [4.78, 5) is 18.8. The zero-order valence-electron chi connectivity index (χ0n) is 9.11. The second-order valence-electron chi connectivity index (χ2n) is 4.36. The Kier molecular flexibility index (Phi) is 2.40. The van der Waals surface area contributed by atoms with Crippen molar-refractivity contribution in [2.24, 2.45) is 0 Å². The first kappa shape index (κ1) is 10.7. The zero-order chi connectivity index (χ0) is 11.9. The molecule has 0 bridgehead atoms. The number of hydrogen-bond donors (Lipinski definition) is 1. The third kappa shape index (κ3) is 1.72. The van der Waals surface area contributed by atoms with Crippen molar-refractivity contribution in [1.29, 1.82) is 0 Å². The molecule has 1 aromatic carbocycles. The lowest BCUT2D eigenvalue weighted by Gasteiger charge is -2.14. The molecule has 0 aliphatic heterocycles. The number of nitrogens with one attached hydrogen (secondary N) is 1. The van der Waals surface area contributed by atoms with E-state index in [1.54, 1.807) is 6.20 Å². The molecule has 0 atom stereocenters. The van der Waals surface area contributed by atoms with Gasteiger partial charge < -0.3 is 4.98 Å². The van der Waals surface area contributed by atoms with Gasteiger partial charge in [-0.05, 0) is 34.3 Å². The molecular formula is C13H11BrN2O. The fourth-order valence-corrected chi connectivity index (χ4v) is 2.37. The van der Waals surface area contributed by atoms with Crippen molar-refractivity contribution < 1.29 is 0 Å². The normalized spacial score (nSPS) is 16.8. The molecule has 2 aromatic rings. The molecule has 0 amide bonds. The highest BCUT2D eigenvalue weighted by Gasteiger charge is 2.48. The van der Waals surface area contributed by atoms with E-state index in [2.05, 4.69) is 38.0 Å². The van der Waals surface area contributed by atoms with E-state index in [1.165, 1.54) is 5.56 Å². The summed E-state index contributed by atoms with van der Waals surface area (Å²) in [5, 5.41) is 0. The summed E-state index contributed by atoms with van der Waals surface area (Å²) in [6, 6.07) is 10.2. The standard InChI is InChI=1S/C13H11BrN2O/c14-10-8-15-12(16-11(10)17)13(6-7-13)9-4-2-1-3-5-9/h1-5,8H,6-7H2,(H,15,16,17). The molecule has 0 unspecified atom stereocenters. The summed E-state index contributed by atoms with van der Waals surface area (Å²) in [6.07, 6.45) is 3.67. The lowest BCUT2D eigenvalue weighted by molar-refractivity contribution is 0.745. The average molecular weight is 291 g/mol. The van der Waals surface area contributed by atoms with Gasteiger partial charge in [0.15, 0.2) is 0 Å². The number of halogens is 1. The van der Waals surface area contributed by atoms with Gasteiger partial charge >= 0.3 is 0 Å². The number of benzene rings is 1. The molecule has 3 nitrogen and oxygen atoms in total. The molecule has 4 heteroatoms. The molecule has 1 heterocycles. The molecular weight excluding hydrogens is 280 g/mol. The van der Waals surface area contributed by atoms with Crippen LogP contribution in [0.15, 0.2) is 45.8 Å². The Morgan fingerprint density at radius 2 is 1.94 bits per heavy atom. The quantitative estimate of drug-likeness (QED) is 0.924. The van der Waals surface area contributed by atoms with E-state index in [1.807, 2.05) is 18.2 Å². The first-order valence-corrected chi connectivity index (χ1v) is 6.32. The van der Waals surface area contributed by atoms with E-state index in [4.69, 9.17) is 0 Å². The number of rotatable bonds is 2. The molecule has 86 valence electrons. The van der Waals surface area contributed by atoms with Crippen molar-refractivity contribution in [1.82, 2.24) is 9.97 Å². The van der Waals surface area contributed by atoms with Gasteiger partial charge in [-0.25, -0.2) is 4.98 Å². The minimum Gasteiger partial charge on any atom is -0.309 e. The molecule has 1 N–H and O–H groups in total. The van der Waals surface area contributed by atoms with Crippen molar-refractivity contribution in [2.45, 2.75) is 18.3 Å². The first-order chi connectivity index (χ1) is 8.22. The Morgan fingerprint density at radius 1 is 1.24 bits per heavy atom. The van der Waals surface area contributed by atoms with Crippen LogP contribution < -0.4 is 5.56 Å². The maximum atomic E-state index is 11.6. The van der Waals surface area contributed by atoms with Crippen molar-refractivity contribution in [3.05, 3.63) is 62.7 Å². The highest BCUT2D eigenvalue weighted by molar-refractivity contribution is 9.10. The average Bonchev–Trinajstić information content (AvgIpc) is 3.15. The fraction of sp³-hybridized carbons (Fsp3) is 0.231. The Morgan fingerprint density at radius 3 is 2.53 bits per heavy atom. The second kappa shape index (κ2) is 3.81. The van der Waals surface area contributed by atoms with Gasteiger partial charge in [0.1, 0.15) is 10.3 Å². The fourth-order valence-electron chi connectivity index (χ4n) is 2.17.